The molecule has 2 amide bonds. The Balaban J connectivity index is 2.47. The highest BCUT2D eigenvalue weighted by molar-refractivity contribution is 5.84. The van der Waals surface area contributed by atoms with Crippen LogP contribution in [0.2, 0.25) is 0 Å². The maximum atomic E-state index is 12.2. The van der Waals surface area contributed by atoms with Crippen LogP contribution in [0.25, 0.3) is 0 Å². The Morgan fingerprint density at radius 2 is 1.67 bits per heavy atom. The lowest BCUT2D eigenvalue weighted by molar-refractivity contribution is -0.135. The van der Waals surface area contributed by atoms with Crippen molar-refractivity contribution in [2.45, 2.75) is 40.0 Å². The second-order valence-electron chi connectivity index (χ2n) is 5.03. The van der Waals surface area contributed by atoms with E-state index in [2.05, 4.69) is 36.5 Å². The third-order valence-electron chi connectivity index (χ3n) is 3.50. The van der Waals surface area contributed by atoms with E-state index in [-0.39, 0.29) is 18.4 Å². The molecule has 1 aromatic rings. The normalized spacial score (nSPS) is 10.2. The molecule has 0 atom stereocenters. The summed E-state index contributed by atoms with van der Waals surface area (Å²) in [5.74, 6) is -0.0664. The van der Waals surface area contributed by atoms with Crippen LogP contribution < -0.4 is 5.32 Å². The molecule has 1 aromatic carbocycles. The molecule has 0 aliphatic rings. The van der Waals surface area contributed by atoms with Gasteiger partial charge in [-0.1, -0.05) is 31.2 Å². The van der Waals surface area contributed by atoms with Crippen LogP contribution >= 0.6 is 0 Å². The minimum atomic E-state index is -0.0972. The Labute approximate surface area is 127 Å². The second kappa shape index (κ2) is 9.16. The maximum Gasteiger partial charge on any atom is 0.239 e. The van der Waals surface area contributed by atoms with Gasteiger partial charge in [0.2, 0.25) is 11.8 Å². The van der Waals surface area contributed by atoms with Gasteiger partial charge in [0.1, 0.15) is 0 Å². The van der Waals surface area contributed by atoms with E-state index < -0.39 is 0 Å². The van der Waals surface area contributed by atoms with E-state index in [1.54, 1.807) is 4.90 Å². The van der Waals surface area contributed by atoms with Crippen LogP contribution in [0.5, 0.6) is 0 Å². The molecule has 4 nitrogen and oxygen atoms in total. The van der Waals surface area contributed by atoms with Gasteiger partial charge >= 0.3 is 0 Å². The summed E-state index contributed by atoms with van der Waals surface area (Å²) in [5.41, 5.74) is 2.46. The van der Waals surface area contributed by atoms with E-state index in [1.807, 2.05) is 13.8 Å². The van der Waals surface area contributed by atoms with Crippen LogP contribution in [0, 0.1) is 0 Å². The molecule has 0 saturated carbocycles. The minimum Gasteiger partial charge on any atom is -0.355 e. The van der Waals surface area contributed by atoms with Gasteiger partial charge in [0.15, 0.2) is 0 Å². The third-order valence-corrected chi connectivity index (χ3v) is 3.50. The van der Waals surface area contributed by atoms with Crippen molar-refractivity contribution in [3.8, 4) is 0 Å². The number of amides is 2. The van der Waals surface area contributed by atoms with Crippen LogP contribution in [-0.2, 0) is 22.4 Å². The largest absolute Gasteiger partial charge is 0.355 e. The quantitative estimate of drug-likeness (QED) is 0.797. The third kappa shape index (κ3) is 5.98. The average Bonchev–Trinajstić information content (AvgIpc) is 2.51. The molecule has 0 aliphatic carbocycles. The molecule has 0 bridgehead atoms. The van der Waals surface area contributed by atoms with Crippen molar-refractivity contribution >= 4 is 11.8 Å². The van der Waals surface area contributed by atoms with E-state index in [0.29, 0.717) is 25.9 Å². The van der Waals surface area contributed by atoms with Gasteiger partial charge in [-0.2, -0.15) is 0 Å². The Bertz CT molecular complexity index is 454. The molecular weight excluding hydrogens is 264 g/mol. The summed E-state index contributed by atoms with van der Waals surface area (Å²) in [4.78, 5) is 25.3. The van der Waals surface area contributed by atoms with Crippen molar-refractivity contribution in [3.63, 3.8) is 0 Å². The molecule has 1 N–H and O–H groups in total. The summed E-state index contributed by atoms with van der Waals surface area (Å²) >= 11 is 0. The molecule has 1 rings (SSSR count). The standard InChI is InChI=1S/C17H26N2O2/c1-4-14-7-9-15(10-8-14)11-12-17(21)19(6-3)13-16(20)18-5-2/h7-10H,4-6,11-13H2,1-3H3,(H,18,20). The zero-order valence-electron chi connectivity index (χ0n) is 13.3. The van der Waals surface area contributed by atoms with E-state index >= 15 is 0 Å². The van der Waals surface area contributed by atoms with Gasteiger partial charge in [-0.3, -0.25) is 9.59 Å². The number of carbonyl (C=O) groups excluding carboxylic acids is 2. The molecule has 116 valence electrons. The highest BCUT2D eigenvalue weighted by Gasteiger charge is 2.14. The van der Waals surface area contributed by atoms with E-state index in [4.69, 9.17) is 0 Å². The van der Waals surface area contributed by atoms with E-state index in [0.717, 1.165) is 12.0 Å². The van der Waals surface area contributed by atoms with Crippen molar-refractivity contribution in [1.82, 2.24) is 10.2 Å². The highest BCUT2D eigenvalue weighted by Crippen LogP contribution is 2.08. The van der Waals surface area contributed by atoms with Crippen molar-refractivity contribution in [1.29, 1.82) is 0 Å². The number of carbonyl (C=O) groups is 2. The summed E-state index contributed by atoms with van der Waals surface area (Å²) in [6.07, 6.45) is 2.18. The molecule has 0 heterocycles. The molecule has 0 aromatic heterocycles. The molecule has 0 saturated heterocycles. The van der Waals surface area contributed by atoms with Crippen molar-refractivity contribution in [2.75, 3.05) is 19.6 Å². The van der Waals surface area contributed by atoms with Crippen LogP contribution in [0.4, 0.5) is 0 Å². The summed E-state index contributed by atoms with van der Waals surface area (Å²) in [6, 6.07) is 8.36. The Kier molecular flexibility index (Phi) is 7.51. The number of hydrogen-bond donors (Lipinski definition) is 1. The SMILES string of the molecule is CCNC(=O)CN(CC)C(=O)CCc1ccc(CC)cc1. The summed E-state index contributed by atoms with van der Waals surface area (Å²) in [7, 11) is 0. The number of rotatable bonds is 8. The van der Waals surface area contributed by atoms with Gasteiger partial charge < -0.3 is 10.2 Å². The lowest BCUT2D eigenvalue weighted by Crippen LogP contribution is -2.40. The molecule has 0 spiro atoms. The van der Waals surface area contributed by atoms with Crippen LogP contribution in [0.3, 0.4) is 0 Å². The fourth-order valence-electron chi connectivity index (χ4n) is 2.15. The zero-order valence-corrected chi connectivity index (χ0v) is 13.3. The van der Waals surface area contributed by atoms with Crippen molar-refractivity contribution in [3.05, 3.63) is 35.4 Å². The first-order chi connectivity index (χ1) is 10.1. The zero-order chi connectivity index (χ0) is 15.7. The van der Waals surface area contributed by atoms with Gasteiger partial charge in [0.25, 0.3) is 0 Å². The predicted octanol–water partition coefficient (Wildman–Crippen LogP) is 2.17. The first-order valence-corrected chi connectivity index (χ1v) is 7.72. The Hall–Kier alpha value is -1.84. The van der Waals surface area contributed by atoms with Crippen molar-refractivity contribution in [2.24, 2.45) is 0 Å². The molecule has 21 heavy (non-hydrogen) atoms. The highest BCUT2D eigenvalue weighted by atomic mass is 16.2. The van der Waals surface area contributed by atoms with Gasteiger partial charge in [-0.05, 0) is 37.8 Å². The lowest BCUT2D eigenvalue weighted by atomic mass is 10.1. The second-order valence-corrected chi connectivity index (χ2v) is 5.03. The predicted molar refractivity (Wildman–Crippen MR) is 85.1 cm³/mol. The smallest absolute Gasteiger partial charge is 0.239 e. The maximum absolute atomic E-state index is 12.2. The first-order valence-electron chi connectivity index (χ1n) is 7.72. The van der Waals surface area contributed by atoms with Gasteiger partial charge in [0, 0.05) is 19.5 Å². The molecule has 4 heteroatoms. The summed E-state index contributed by atoms with van der Waals surface area (Å²) in [6.45, 7) is 7.19. The number of nitrogens with zero attached hydrogens (tertiary/aromatic N) is 1. The lowest BCUT2D eigenvalue weighted by Gasteiger charge is -2.20. The van der Waals surface area contributed by atoms with E-state index in [1.165, 1.54) is 5.56 Å². The molecule has 0 unspecified atom stereocenters. The number of benzene rings is 1. The van der Waals surface area contributed by atoms with Crippen molar-refractivity contribution < 1.29 is 9.59 Å². The molecule has 0 fully saturated rings. The molecule has 0 radical (unpaired) electrons. The average molecular weight is 290 g/mol. The minimum absolute atomic E-state index is 0.0309. The number of likely N-dealkylation sites (N-methyl/N-ethyl adjacent to an activating group) is 2. The molecule has 0 aliphatic heterocycles. The Morgan fingerprint density at radius 3 is 2.19 bits per heavy atom. The topological polar surface area (TPSA) is 49.4 Å². The fourth-order valence-corrected chi connectivity index (χ4v) is 2.15. The fraction of sp³-hybridized carbons (Fsp3) is 0.529. The van der Waals surface area contributed by atoms with Crippen LogP contribution in [0.1, 0.15) is 38.3 Å². The summed E-state index contributed by atoms with van der Waals surface area (Å²) < 4.78 is 0. The first kappa shape index (κ1) is 17.2. The van der Waals surface area contributed by atoms with Gasteiger partial charge in [0.05, 0.1) is 6.54 Å². The van der Waals surface area contributed by atoms with Crippen LogP contribution in [0.15, 0.2) is 24.3 Å². The number of nitrogens with one attached hydrogen (secondary N) is 1. The van der Waals surface area contributed by atoms with Gasteiger partial charge in [-0.15, -0.1) is 0 Å². The molecular formula is C17H26N2O2. The van der Waals surface area contributed by atoms with E-state index in [9.17, 15) is 9.59 Å². The Morgan fingerprint density at radius 1 is 1.05 bits per heavy atom. The van der Waals surface area contributed by atoms with Crippen LogP contribution in [-0.4, -0.2) is 36.3 Å². The van der Waals surface area contributed by atoms with Gasteiger partial charge in [-0.25, -0.2) is 0 Å². The summed E-state index contributed by atoms with van der Waals surface area (Å²) in [5, 5.41) is 2.72. The number of hydrogen-bond acceptors (Lipinski definition) is 2. The number of aryl methyl sites for hydroxylation is 2. The monoisotopic (exact) mass is 290 g/mol.